The number of hydrogen-bond donors (Lipinski definition) is 2. The summed E-state index contributed by atoms with van der Waals surface area (Å²) in [6, 6.07) is 3.88. The second-order valence-corrected chi connectivity index (χ2v) is 5.35. The number of nitrogens with one attached hydrogen (secondary N) is 1. The van der Waals surface area contributed by atoms with E-state index in [0.717, 1.165) is 18.8 Å². The Labute approximate surface area is 128 Å². The lowest BCUT2D eigenvalue weighted by molar-refractivity contribution is -0.134. The zero-order chi connectivity index (χ0) is 15.9. The summed E-state index contributed by atoms with van der Waals surface area (Å²) in [5.41, 5.74) is 6.06. The van der Waals surface area contributed by atoms with Crippen molar-refractivity contribution in [2.24, 2.45) is 11.7 Å². The Hall–Kier alpha value is -2.44. The SMILES string of the molecule is NC(=O)CCC(=O)NC(=O)C1CCN(c2ccncc2)CC1. The van der Waals surface area contributed by atoms with Crippen LogP contribution < -0.4 is 16.0 Å². The molecule has 7 heteroatoms. The number of hydrogen-bond acceptors (Lipinski definition) is 5. The zero-order valence-electron chi connectivity index (χ0n) is 12.3. The van der Waals surface area contributed by atoms with Gasteiger partial charge in [0.05, 0.1) is 0 Å². The van der Waals surface area contributed by atoms with Gasteiger partial charge in [0, 0.05) is 49.9 Å². The molecule has 1 aromatic heterocycles. The first-order valence-corrected chi connectivity index (χ1v) is 7.33. The van der Waals surface area contributed by atoms with Gasteiger partial charge in [0.2, 0.25) is 17.7 Å². The van der Waals surface area contributed by atoms with Crippen molar-refractivity contribution in [2.75, 3.05) is 18.0 Å². The molecule has 0 atom stereocenters. The number of carbonyl (C=O) groups is 3. The second kappa shape index (κ2) is 7.53. The molecule has 2 rings (SSSR count). The first-order valence-electron chi connectivity index (χ1n) is 7.33. The van der Waals surface area contributed by atoms with Gasteiger partial charge in [0.15, 0.2) is 0 Å². The quantitative estimate of drug-likeness (QED) is 0.808. The van der Waals surface area contributed by atoms with Crippen LogP contribution in [0, 0.1) is 5.92 Å². The van der Waals surface area contributed by atoms with Crippen LogP contribution in [0.1, 0.15) is 25.7 Å². The number of imide groups is 1. The molecule has 0 radical (unpaired) electrons. The summed E-state index contributed by atoms with van der Waals surface area (Å²) in [5, 5.41) is 2.35. The van der Waals surface area contributed by atoms with Crippen molar-refractivity contribution in [3.05, 3.63) is 24.5 Å². The Morgan fingerprint density at radius 1 is 1.18 bits per heavy atom. The fraction of sp³-hybridized carbons (Fsp3) is 0.467. The standard InChI is InChI=1S/C15H20N4O3/c16-13(20)1-2-14(21)18-15(22)11-5-9-19(10-6-11)12-3-7-17-8-4-12/h3-4,7-8,11H,1-2,5-6,9-10H2,(H2,16,20)(H,18,21,22). The van der Waals surface area contributed by atoms with Crippen molar-refractivity contribution >= 4 is 23.4 Å². The van der Waals surface area contributed by atoms with Gasteiger partial charge in [-0.15, -0.1) is 0 Å². The topological polar surface area (TPSA) is 105 Å². The van der Waals surface area contributed by atoms with E-state index in [2.05, 4.69) is 15.2 Å². The number of rotatable bonds is 5. The summed E-state index contributed by atoms with van der Waals surface area (Å²) in [6.45, 7) is 1.52. The normalized spacial score (nSPS) is 15.4. The predicted octanol–water partition coefficient (Wildman–Crippen LogP) is 0.206. The minimum atomic E-state index is -0.548. The largest absolute Gasteiger partial charge is 0.371 e. The molecular formula is C15H20N4O3. The lowest BCUT2D eigenvalue weighted by atomic mass is 9.95. The van der Waals surface area contributed by atoms with E-state index in [9.17, 15) is 14.4 Å². The van der Waals surface area contributed by atoms with E-state index in [1.807, 2.05) is 12.1 Å². The minimum Gasteiger partial charge on any atom is -0.371 e. The molecule has 118 valence electrons. The molecule has 0 aliphatic carbocycles. The predicted molar refractivity (Wildman–Crippen MR) is 80.8 cm³/mol. The first-order chi connectivity index (χ1) is 10.6. The maximum Gasteiger partial charge on any atom is 0.229 e. The highest BCUT2D eigenvalue weighted by Crippen LogP contribution is 2.22. The third-order valence-corrected chi connectivity index (χ3v) is 3.75. The summed E-state index contributed by atoms with van der Waals surface area (Å²) < 4.78 is 0. The van der Waals surface area contributed by atoms with E-state index in [4.69, 9.17) is 5.73 Å². The number of nitrogens with two attached hydrogens (primary N) is 1. The van der Waals surface area contributed by atoms with E-state index in [0.29, 0.717) is 12.8 Å². The van der Waals surface area contributed by atoms with Gasteiger partial charge in [-0.25, -0.2) is 0 Å². The van der Waals surface area contributed by atoms with E-state index in [1.54, 1.807) is 12.4 Å². The van der Waals surface area contributed by atoms with Gasteiger partial charge in [-0.05, 0) is 25.0 Å². The van der Waals surface area contributed by atoms with Gasteiger partial charge in [-0.2, -0.15) is 0 Å². The molecule has 0 aromatic carbocycles. The fourth-order valence-corrected chi connectivity index (χ4v) is 2.49. The van der Waals surface area contributed by atoms with Crippen molar-refractivity contribution in [1.29, 1.82) is 0 Å². The number of amides is 3. The number of pyridine rings is 1. The monoisotopic (exact) mass is 304 g/mol. The Bertz CT molecular complexity index is 539. The smallest absolute Gasteiger partial charge is 0.229 e. The van der Waals surface area contributed by atoms with E-state index < -0.39 is 11.8 Å². The fourth-order valence-electron chi connectivity index (χ4n) is 2.49. The molecule has 0 spiro atoms. The van der Waals surface area contributed by atoms with Gasteiger partial charge < -0.3 is 10.6 Å². The highest BCUT2D eigenvalue weighted by atomic mass is 16.2. The maximum atomic E-state index is 12.0. The molecule has 1 aliphatic heterocycles. The van der Waals surface area contributed by atoms with Crippen LogP contribution >= 0.6 is 0 Å². The zero-order valence-corrected chi connectivity index (χ0v) is 12.3. The molecule has 22 heavy (non-hydrogen) atoms. The average Bonchev–Trinajstić information content (AvgIpc) is 2.54. The number of piperidine rings is 1. The maximum absolute atomic E-state index is 12.0. The van der Waals surface area contributed by atoms with Crippen LogP contribution in [-0.2, 0) is 14.4 Å². The van der Waals surface area contributed by atoms with Crippen molar-refractivity contribution < 1.29 is 14.4 Å². The summed E-state index contributed by atoms with van der Waals surface area (Å²) >= 11 is 0. The van der Waals surface area contributed by atoms with Crippen LogP contribution in [0.2, 0.25) is 0 Å². The molecule has 0 saturated carbocycles. The molecule has 3 amide bonds. The van der Waals surface area contributed by atoms with Crippen LogP contribution in [0.5, 0.6) is 0 Å². The summed E-state index contributed by atoms with van der Waals surface area (Å²) in [5.74, 6) is -1.42. The van der Waals surface area contributed by atoms with Gasteiger partial charge >= 0.3 is 0 Å². The number of carbonyl (C=O) groups excluding carboxylic acids is 3. The summed E-state index contributed by atoms with van der Waals surface area (Å²) in [7, 11) is 0. The van der Waals surface area contributed by atoms with Gasteiger partial charge in [0.1, 0.15) is 0 Å². The van der Waals surface area contributed by atoms with Crippen LogP contribution in [0.25, 0.3) is 0 Å². The molecule has 7 nitrogen and oxygen atoms in total. The summed E-state index contributed by atoms with van der Waals surface area (Å²) in [6.07, 6.45) is 4.78. The van der Waals surface area contributed by atoms with Gasteiger partial charge in [-0.1, -0.05) is 0 Å². The van der Waals surface area contributed by atoms with Crippen LogP contribution in [0.4, 0.5) is 5.69 Å². The first kappa shape index (κ1) is 15.9. The second-order valence-electron chi connectivity index (χ2n) is 5.35. The average molecular weight is 304 g/mol. The van der Waals surface area contributed by atoms with E-state index in [1.165, 1.54) is 0 Å². The van der Waals surface area contributed by atoms with Crippen molar-refractivity contribution in [2.45, 2.75) is 25.7 Å². The highest BCUT2D eigenvalue weighted by molar-refractivity contribution is 5.97. The van der Waals surface area contributed by atoms with Crippen LogP contribution in [0.15, 0.2) is 24.5 Å². The molecule has 3 N–H and O–H groups in total. The number of primary amides is 1. The third kappa shape index (κ3) is 4.54. The van der Waals surface area contributed by atoms with Crippen molar-refractivity contribution in [3.8, 4) is 0 Å². The van der Waals surface area contributed by atoms with Crippen LogP contribution in [-0.4, -0.2) is 35.8 Å². The third-order valence-electron chi connectivity index (χ3n) is 3.75. The lowest BCUT2D eigenvalue weighted by Gasteiger charge is -2.32. The number of anilines is 1. The van der Waals surface area contributed by atoms with Crippen molar-refractivity contribution in [3.63, 3.8) is 0 Å². The Morgan fingerprint density at radius 3 is 2.41 bits per heavy atom. The molecule has 0 unspecified atom stereocenters. The number of aromatic nitrogens is 1. The Morgan fingerprint density at radius 2 is 1.82 bits per heavy atom. The van der Waals surface area contributed by atoms with Crippen molar-refractivity contribution in [1.82, 2.24) is 10.3 Å². The van der Waals surface area contributed by atoms with Gasteiger partial charge in [0.25, 0.3) is 0 Å². The highest BCUT2D eigenvalue weighted by Gasteiger charge is 2.26. The Kier molecular flexibility index (Phi) is 5.46. The van der Waals surface area contributed by atoms with E-state index >= 15 is 0 Å². The molecule has 1 saturated heterocycles. The van der Waals surface area contributed by atoms with Gasteiger partial charge in [-0.3, -0.25) is 24.7 Å². The summed E-state index contributed by atoms with van der Waals surface area (Å²) in [4.78, 5) is 40.3. The van der Waals surface area contributed by atoms with E-state index in [-0.39, 0.29) is 24.7 Å². The molecular weight excluding hydrogens is 284 g/mol. The molecule has 0 bridgehead atoms. The van der Waals surface area contributed by atoms with Crippen LogP contribution in [0.3, 0.4) is 0 Å². The lowest BCUT2D eigenvalue weighted by Crippen LogP contribution is -2.42. The Balaban J connectivity index is 1.77. The number of nitrogens with zero attached hydrogens (tertiary/aromatic N) is 2. The molecule has 1 aliphatic rings. The molecule has 2 heterocycles. The molecule has 1 aromatic rings. The molecule has 1 fully saturated rings. The minimum absolute atomic E-state index is 0.0421.